The van der Waals surface area contributed by atoms with Gasteiger partial charge in [0, 0.05) is 34.5 Å². The summed E-state index contributed by atoms with van der Waals surface area (Å²) < 4.78 is 14.6. The largest absolute Gasteiger partial charge is 0.379 e. The van der Waals surface area contributed by atoms with Gasteiger partial charge in [0.2, 0.25) is 0 Å². The molecule has 1 atom stereocenters. The lowest BCUT2D eigenvalue weighted by Gasteiger charge is -2.30. The highest BCUT2D eigenvalue weighted by molar-refractivity contribution is 8.13. The molecule has 5 nitrogen and oxygen atoms in total. The van der Waals surface area contributed by atoms with Crippen LogP contribution in [0.1, 0.15) is 41.9 Å². The number of rotatable bonds is 5. The van der Waals surface area contributed by atoms with Gasteiger partial charge in [-0.25, -0.2) is 4.39 Å². The molecule has 4 N–H and O–H groups in total. The number of amides is 1. The Labute approximate surface area is 174 Å². The molecule has 1 amide bonds. The van der Waals surface area contributed by atoms with Gasteiger partial charge in [-0.15, -0.1) is 0 Å². The number of allylic oxidation sites excluding steroid dienone is 2. The molecule has 0 fully saturated rings. The second-order valence-electron chi connectivity index (χ2n) is 7.54. The highest BCUT2D eigenvalue weighted by Crippen LogP contribution is 2.34. The molecule has 1 unspecified atom stereocenters. The van der Waals surface area contributed by atoms with Gasteiger partial charge < -0.3 is 16.0 Å². The zero-order chi connectivity index (χ0) is 21.2. The molecule has 3 rings (SSSR count). The van der Waals surface area contributed by atoms with E-state index < -0.39 is 5.54 Å². The van der Waals surface area contributed by atoms with E-state index in [1.807, 2.05) is 26.0 Å². The number of nitrogens with one attached hydrogen (secondary N) is 2. The molecule has 1 aliphatic heterocycles. The summed E-state index contributed by atoms with van der Waals surface area (Å²) in [5.74, 6) is 0.278. The predicted molar refractivity (Wildman–Crippen MR) is 120 cm³/mol. The molecule has 1 aromatic carbocycles. The molecule has 0 saturated carbocycles. The number of nitrogens with zero attached hydrogens (tertiary/aromatic N) is 1. The minimum atomic E-state index is -0.616. The Bertz CT molecular complexity index is 1040. The van der Waals surface area contributed by atoms with E-state index in [0.717, 1.165) is 28.8 Å². The number of hydrogen-bond acceptors (Lipinski definition) is 4. The van der Waals surface area contributed by atoms with Gasteiger partial charge in [-0.2, -0.15) is 0 Å². The first-order valence-corrected chi connectivity index (χ1v) is 10.6. The molecular weight excluding hydrogens is 387 g/mol. The summed E-state index contributed by atoms with van der Waals surface area (Å²) in [6.45, 7) is 7.92. The third-order valence-electron chi connectivity index (χ3n) is 5.58. The minimum absolute atomic E-state index is 0.198. The number of carbonyl (C=O) groups is 1. The van der Waals surface area contributed by atoms with Crippen LogP contribution >= 0.6 is 11.8 Å². The van der Waals surface area contributed by atoms with E-state index in [1.165, 1.54) is 23.4 Å². The van der Waals surface area contributed by atoms with Crippen molar-refractivity contribution in [3.63, 3.8) is 0 Å². The maximum absolute atomic E-state index is 14.6. The highest BCUT2D eigenvalue weighted by atomic mass is 32.2. The first kappa shape index (κ1) is 21.2. The van der Waals surface area contributed by atoms with Crippen molar-refractivity contribution in [2.75, 3.05) is 12.3 Å². The summed E-state index contributed by atoms with van der Waals surface area (Å²) in [5, 5.41) is 4.40. The monoisotopic (exact) mass is 414 g/mol. The number of fused-ring (bicyclic) bond motifs is 1. The lowest BCUT2D eigenvalue weighted by molar-refractivity contribution is 0.0958. The van der Waals surface area contributed by atoms with Crippen molar-refractivity contribution in [1.82, 2.24) is 10.3 Å². The van der Waals surface area contributed by atoms with Gasteiger partial charge in [-0.3, -0.25) is 9.79 Å². The predicted octanol–water partition coefficient (Wildman–Crippen LogP) is 4.52. The van der Waals surface area contributed by atoms with Gasteiger partial charge in [-0.05, 0) is 63.5 Å². The molecular formula is C22H27FN4OS. The van der Waals surface area contributed by atoms with Gasteiger partial charge in [0.1, 0.15) is 5.83 Å². The van der Waals surface area contributed by atoms with Gasteiger partial charge in [0.05, 0.1) is 5.54 Å². The van der Waals surface area contributed by atoms with E-state index in [2.05, 4.69) is 22.2 Å². The number of aromatic nitrogens is 1. The van der Waals surface area contributed by atoms with Gasteiger partial charge in [-0.1, -0.05) is 23.9 Å². The lowest BCUT2D eigenvalue weighted by Crippen LogP contribution is -2.32. The summed E-state index contributed by atoms with van der Waals surface area (Å²) >= 11 is 1.49. The average Bonchev–Trinajstić information content (AvgIpc) is 2.97. The average molecular weight is 415 g/mol. The van der Waals surface area contributed by atoms with Crippen molar-refractivity contribution >= 4 is 33.7 Å². The smallest absolute Gasteiger partial charge is 0.251 e. The topological polar surface area (TPSA) is 83.3 Å². The van der Waals surface area contributed by atoms with E-state index in [0.29, 0.717) is 16.3 Å². The molecule has 0 aliphatic carbocycles. The first-order valence-electron chi connectivity index (χ1n) is 9.60. The molecule has 1 aromatic heterocycles. The van der Waals surface area contributed by atoms with Crippen LogP contribution in [-0.2, 0) is 0 Å². The van der Waals surface area contributed by atoms with Crippen LogP contribution in [0, 0.1) is 13.8 Å². The van der Waals surface area contributed by atoms with Crippen molar-refractivity contribution in [3.05, 3.63) is 58.6 Å². The summed E-state index contributed by atoms with van der Waals surface area (Å²) in [6.07, 6.45) is 3.73. The van der Waals surface area contributed by atoms with Crippen molar-refractivity contribution in [2.24, 2.45) is 10.7 Å². The van der Waals surface area contributed by atoms with Crippen LogP contribution in [0.4, 0.5) is 4.39 Å². The SMILES string of the molecule is C/C(=C(F)\C=C/CNC(=O)c1ccc2c(C)c(C)[nH]c2c1)C1(C)CCSC(N)=N1. The second kappa shape index (κ2) is 8.45. The number of H-pyrrole nitrogens is 1. The number of aliphatic imine (C=N–C) groups is 1. The summed E-state index contributed by atoms with van der Waals surface area (Å²) in [4.78, 5) is 20.1. The Morgan fingerprint density at radius 2 is 2.21 bits per heavy atom. The fourth-order valence-electron chi connectivity index (χ4n) is 3.37. The number of halogens is 1. The van der Waals surface area contributed by atoms with E-state index in [9.17, 15) is 9.18 Å². The van der Waals surface area contributed by atoms with Crippen LogP contribution in [0.25, 0.3) is 10.9 Å². The number of aromatic amines is 1. The maximum atomic E-state index is 14.6. The first-order chi connectivity index (χ1) is 13.7. The number of benzene rings is 1. The van der Waals surface area contributed by atoms with Crippen molar-refractivity contribution in [3.8, 4) is 0 Å². The zero-order valence-electron chi connectivity index (χ0n) is 17.2. The Morgan fingerprint density at radius 3 is 2.93 bits per heavy atom. The highest BCUT2D eigenvalue weighted by Gasteiger charge is 2.31. The number of aryl methyl sites for hydroxylation is 2. The third kappa shape index (κ3) is 4.56. The molecule has 1 aliphatic rings. The molecule has 0 spiro atoms. The number of thioether (sulfide) groups is 1. The summed E-state index contributed by atoms with van der Waals surface area (Å²) in [5.41, 5.74) is 9.51. The Kier molecular flexibility index (Phi) is 6.17. The standard InChI is InChI=1S/C22H27FN4OS/c1-13-15(3)26-19-12-16(7-8-17(13)19)20(28)25-10-5-6-18(23)14(2)22(4)9-11-29-21(24)27-22/h5-8,12,26H,9-11H2,1-4H3,(H2,24,27)(H,25,28)/b6-5-,18-14-. The molecule has 2 aromatic rings. The number of nitrogens with two attached hydrogens (primary N) is 1. The molecule has 0 saturated heterocycles. The van der Waals surface area contributed by atoms with Crippen LogP contribution in [0.3, 0.4) is 0 Å². The number of carbonyl (C=O) groups excluding carboxylic acids is 1. The third-order valence-corrected chi connectivity index (χ3v) is 6.37. The summed E-state index contributed by atoms with van der Waals surface area (Å²) in [6, 6.07) is 5.58. The van der Waals surface area contributed by atoms with E-state index >= 15 is 0 Å². The Hall–Kier alpha value is -2.54. The van der Waals surface area contributed by atoms with Crippen LogP contribution < -0.4 is 11.1 Å². The molecule has 2 heterocycles. The fourth-order valence-corrected chi connectivity index (χ4v) is 4.34. The van der Waals surface area contributed by atoms with Crippen LogP contribution in [0.5, 0.6) is 0 Å². The molecule has 0 bridgehead atoms. The summed E-state index contributed by atoms with van der Waals surface area (Å²) in [7, 11) is 0. The Morgan fingerprint density at radius 1 is 1.45 bits per heavy atom. The van der Waals surface area contributed by atoms with E-state index in [1.54, 1.807) is 19.1 Å². The van der Waals surface area contributed by atoms with Crippen LogP contribution in [0.15, 0.2) is 46.7 Å². The van der Waals surface area contributed by atoms with Crippen molar-refractivity contribution < 1.29 is 9.18 Å². The number of hydrogen-bond donors (Lipinski definition) is 3. The van der Waals surface area contributed by atoms with Gasteiger partial charge >= 0.3 is 0 Å². The van der Waals surface area contributed by atoms with Crippen LogP contribution in [-0.4, -0.2) is 33.9 Å². The maximum Gasteiger partial charge on any atom is 0.251 e. The number of amidine groups is 1. The minimum Gasteiger partial charge on any atom is -0.379 e. The van der Waals surface area contributed by atoms with E-state index in [-0.39, 0.29) is 18.3 Å². The lowest BCUT2D eigenvalue weighted by atomic mass is 9.90. The van der Waals surface area contributed by atoms with Crippen molar-refractivity contribution in [1.29, 1.82) is 0 Å². The quantitative estimate of drug-likeness (QED) is 0.629. The van der Waals surface area contributed by atoms with Gasteiger partial charge in [0.25, 0.3) is 5.91 Å². The van der Waals surface area contributed by atoms with Crippen LogP contribution in [0.2, 0.25) is 0 Å². The molecule has 7 heteroatoms. The second-order valence-corrected chi connectivity index (χ2v) is 8.66. The van der Waals surface area contributed by atoms with E-state index in [4.69, 9.17) is 5.73 Å². The van der Waals surface area contributed by atoms with Gasteiger partial charge in [0.15, 0.2) is 5.17 Å². The molecule has 29 heavy (non-hydrogen) atoms. The molecule has 154 valence electrons. The molecule has 0 radical (unpaired) electrons. The fraction of sp³-hybridized carbons (Fsp3) is 0.364. The Balaban J connectivity index is 1.63. The zero-order valence-corrected chi connectivity index (χ0v) is 18.0. The van der Waals surface area contributed by atoms with Crippen molar-refractivity contribution in [2.45, 2.75) is 39.7 Å². The normalized spacial score (nSPS) is 20.7.